The number of aliphatic carboxylic acids is 1. The van der Waals surface area contributed by atoms with Crippen molar-refractivity contribution in [2.45, 2.75) is 13.3 Å². The zero-order chi connectivity index (χ0) is 16.4. The Hall–Kier alpha value is -3.15. The summed E-state index contributed by atoms with van der Waals surface area (Å²) in [6.45, 7) is 1.89. The highest BCUT2D eigenvalue weighted by atomic mass is 16.4. The highest BCUT2D eigenvalue weighted by Gasteiger charge is 2.08. The van der Waals surface area contributed by atoms with Gasteiger partial charge in [0.1, 0.15) is 5.65 Å². The molecule has 3 aromatic rings. The number of anilines is 1. The van der Waals surface area contributed by atoms with Crippen LogP contribution >= 0.6 is 0 Å². The predicted octanol–water partition coefficient (Wildman–Crippen LogP) is 2.52. The van der Waals surface area contributed by atoms with Crippen LogP contribution < -0.4 is 5.32 Å². The summed E-state index contributed by atoms with van der Waals surface area (Å²) >= 11 is 0. The number of aromatic nitrogens is 2. The molecule has 0 saturated carbocycles. The van der Waals surface area contributed by atoms with Crippen LogP contribution in [-0.4, -0.2) is 26.4 Å². The molecule has 0 unspecified atom stereocenters. The summed E-state index contributed by atoms with van der Waals surface area (Å²) in [4.78, 5) is 27.3. The average Bonchev–Trinajstić information content (AvgIpc) is 2.87. The van der Waals surface area contributed by atoms with Crippen molar-refractivity contribution in [2.24, 2.45) is 0 Å². The van der Waals surface area contributed by atoms with Crippen molar-refractivity contribution in [3.05, 3.63) is 65.6 Å². The smallest absolute Gasteiger partial charge is 0.307 e. The summed E-state index contributed by atoms with van der Waals surface area (Å²) in [5.41, 5.74) is 3.41. The maximum atomic E-state index is 12.3. The van der Waals surface area contributed by atoms with E-state index in [1.165, 1.54) is 0 Å². The van der Waals surface area contributed by atoms with Crippen LogP contribution in [0.1, 0.15) is 21.6 Å². The molecule has 0 spiro atoms. The van der Waals surface area contributed by atoms with Crippen molar-refractivity contribution >= 4 is 23.2 Å². The standard InChI is InChI=1S/C17H15N3O3/c1-11-10-20-7-6-13(9-15(20)18-11)17(23)19-14-4-2-12(3-5-14)8-16(21)22/h2-7,9-10H,8H2,1H3,(H,19,23)(H,21,22). The molecule has 3 rings (SSSR count). The van der Waals surface area contributed by atoms with E-state index in [9.17, 15) is 9.59 Å². The Labute approximate surface area is 132 Å². The van der Waals surface area contributed by atoms with Crippen molar-refractivity contribution in [3.63, 3.8) is 0 Å². The quantitative estimate of drug-likeness (QED) is 0.775. The first-order valence-electron chi connectivity index (χ1n) is 7.09. The zero-order valence-electron chi connectivity index (χ0n) is 12.5. The van der Waals surface area contributed by atoms with Gasteiger partial charge in [-0.15, -0.1) is 0 Å². The number of carbonyl (C=O) groups excluding carboxylic acids is 1. The highest BCUT2D eigenvalue weighted by Crippen LogP contribution is 2.13. The molecule has 6 heteroatoms. The SMILES string of the molecule is Cc1cn2ccc(C(=O)Nc3ccc(CC(=O)O)cc3)cc2n1. The maximum Gasteiger partial charge on any atom is 0.307 e. The third-order valence-electron chi connectivity index (χ3n) is 3.41. The summed E-state index contributed by atoms with van der Waals surface area (Å²) in [6, 6.07) is 10.2. The minimum atomic E-state index is -0.884. The van der Waals surface area contributed by atoms with E-state index >= 15 is 0 Å². The topological polar surface area (TPSA) is 83.7 Å². The molecular formula is C17H15N3O3. The number of hydrogen-bond acceptors (Lipinski definition) is 3. The lowest BCUT2D eigenvalue weighted by molar-refractivity contribution is -0.136. The molecule has 116 valence electrons. The van der Waals surface area contributed by atoms with Crippen LogP contribution in [0.5, 0.6) is 0 Å². The molecule has 0 saturated heterocycles. The van der Waals surface area contributed by atoms with Crippen molar-refractivity contribution in [1.82, 2.24) is 9.38 Å². The molecule has 0 aliphatic heterocycles. The number of rotatable bonds is 4. The number of carbonyl (C=O) groups is 2. The van der Waals surface area contributed by atoms with Gasteiger partial charge in [-0.25, -0.2) is 4.98 Å². The number of benzene rings is 1. The molecule has 0 radical (unpaired) electrons. The molecule has 0 fully saturated rings. The number of pyridine rings is 1. The monoisotopic (exact) mass is 309 g/mol. The molecule has 2 N–H and O–H groups in total. The van der Waals surface area contributed by atoms with E-state index in [4.69, 9.17) is 5.11 Å². The number of fused-ring (bicyclic) bond motifs is 1. The Balaban J connectivity index is 1.75. The Morgan fingerprint density at radius 1 is 1.22 bits per heavy atom. The van der Waals surface area contributed by atoms with E-state index < -0.39 is 5.97 Å². The molecule has 1 amide bonds. The minimum Gasteiger partial charge on any atom is -0.481 e. The van der Waals surface area contributed by atoms with Crippen LogP contribution in [0, 0.1) is 6.92 Å². The van der Waals surface area contributed by atoms with Crippen LogP contribution in [0.3, 0.4) is 0 Å². The van der Waals surface area contributed by atoms with Gasteiger partial charge in [0.15, 0.2) is 0 Å². The molecule has 0 bridgehead atoms. The first-order valence-corrected chi connectivity index (χ1v) is 7.09. The third-order valence-corrected chi connectivity index (χ3v) is 3.41. The lowest BCUT2D eigenvalue weighted by Gasteiger charge is -2.06. The number of nitrogens with one attached hydrogen (secondary N) is 1. The van der Waals surface area contributed by atoms with E-state index in [0.29, 0.717) is 22.5 Å². The first kappa shape index (κ1) is 14.8. The number of carboxylic acids is 1. The van der Waals surface area contributed by atoms with Crippen molar-refractivity contribution in [3.8, 4) is 0 Å². The fourth-order valence-corrected chi connectivity index (χ4v) is 2.33. The van der Waals surface area contributed by atoms with E-state index in [0.717, 1.165) is 5.69 Å². The number of hydrogen-bond donors (Lipinski definition) is 2. The van der Waals surface area contributed by atoms with Crippen LogP contribution in [0.4, 0.5) is 5.69 Å². The summed E-state index contributed by atoms with van der Waals surface area (Å²) in [5, 5.41) is 11.5. The van der Waals surface area contributed by atoms with Gasteiger partial charge in [0.2, 0.25) is 0 Å². The lowest BCUT2D eigenvalue weighted by atomic mass is 10.1. The molecular weight excluding hydrogens is 294 g/mol. The normalized spacial score (nSPS) is 10.7. The van der Waals surface area contributed by atoms with Gasteiger partial charge in [0.25, 0.3) is 5.91 Å². The summed E-state index contributed by atoms with van der Waals surface area (Å²) < 4.78 is 1.85. The fraction of sp³-hybridized carbons (Fsp3) is 0.118. The molecule has 2 aromatic heterocycles. The van der Waals surface area contributed by atoms with E-state index in [1.807, 2.05) is 17.5 Å². The Kier molecular flexibility index (Phi) is 3.80. The molecule has 6 nitrogen and oxygen atoms in total. The fourth-order valence-electron chi connectivity index (χ4n) is 2.33. The number of amides is 1. The maximum absolute atomic E-state index is 12.3. The van der Waals surface area contributed by atoms with E-state index in [1.54, 1.807) is 42.6 Å². The molecule has 0 aliphatic rings. The molecule has 1 aromatic carbocycles. The summed E-state index contributed by atoms with van der Waals surface area (Å²) in [6.07, 6.45) is 3.64. The summed E-state index contributed by atoms with van der Waals surface area (Å²) in [7, 11) is 0. The predicted molar refractivity (Wildman–Crippen MR) is 85.7 cm³/mol. The van der Waals surface area contributed by atoms with Crippen LogP contribution in [0.15, 0.2) is 48.8 Å². The second-order valence-electron chi connectivity index (χ2n) is 5.28. The van der Waals surface area contributed by atoms with Gasteiger partial charge in [-0.3, -0.25) is 9.59 Å². The average molecular weight is 309 g/mol. The molecule has 2 heterocycles. The largest absolute Gasteiger partial charge is 0.481 e. The van der Waals surface area contributed by atoms with Gasteiger partial charge in [-0.2, -0.15) is 0 Å². The highest BCUT2D eigenvalue weighted by molar-refractivity contribution is 6.04. The number of imidazole rings is 1. The van der Waals surface area contributed by atoms with Crippen molar-refractivity contribution < 1.29 is 14.7 Å². The van der Waals surface area contributed by atoms with E-state index in [-0.39, 0.29) is 12.3 Å². The van der Waals surface area contributed by atoms with Crippen molar-refractivity contribution in [2.75, 3.05) is 5.32 Å². The number of nitrogens with zero attached hydrogens (tertiary/aromatic N) is 2. The van der Waals surface area contributed by atoms with Crippen molar-refractivity contribution in [1.29, 1.82) is 0 Å². The van der Waals surface area contributed by atoms with Crippen LogP contribution in [-0.2, 0) is 11.2 Å². The Morgan fingerprint density at radius 3 is 2.65 bits per heavy atom. The summed E-state index contributed by atoms with van der Waals surface area (Å²) in [5.74, 6) is -1.12. The van der Waals surface area contributed by atoms with E-state index in [2.05, 4.69) is 10.3 Å². The Bertz CT molecular complexity index is 882. The number of carboxylic acid groups (broad SMARTS) is 1. The minimum absolute atomic E-state index is 0.0376. The second-order valence-corrected chi connectivity index (χ2v) is 5.28. The van der Waals surface area contributed by atoms with Gasteiger partial charge in [-0.05, 0) is 36.8 Å². The van der Waals surface area contributed by atoms with Gasteiger partial charge in [0.05, 0.1) is 12.1 Å². The van der Waals surface area contributed by atoms with Gasteiger partial charge in [-0.1, -0.05) is 12.1 Å². The second kappa shape index (κ2) is 5.92. The third kappa shape index (κ3) is 3.37. The van der Waals surface area contributed by atoms with Gasteiger partial charge >= 0.3 is 5.97 Å². The molecule has 23 heavy (non-hydrogen) atoms. The lowest BCUT2D eigenvalue weighted by Crippen LogP contribution is -2.12. The zero-order valence-corrected chi connectivity index (χ0v) is 12.5. The molecule has 0 atom stereocenters. The van der Waals surface area contributed by atoms with Gasteiger partial charge in [0, 0.05) is 23.6 Å². The van der Waals surface area contributed by atoms with Gasteiger partial charge < -0.3 is 14.8 Å². The number of aryl methyl sites for hydroxylation is 1. The Morgan fingerprint density at radius 2 is 1.96 bits per heavy atom. The van der Waals surface area contributed by atoms with Crippen LogP contribution in [0.25, 0.3) is 5.65 Å². The first-order chi connectivity index (χ1) is 11.0. The molecule has 0 aliphatic carbocycles. The van der Waals surface area contributed by atoms with Crippen LogP contribution in [0.2, 0.25) is 0 Å².